The summed E-state index contributed by atoms with van der Waals surface area (Å²) >= 11 is 0. The van der Waals surface area contributed by atoms with Gasteiger partial charge in [-0.2, -0.15) is 0 Å². The van der Waals surface area contributed by atoms with Crippen molar-refractivity contribution in [1.82, 2.24) is 4.98 Å². The molecule has 1 N–H and O–H groups in total. The van der Waals surface area contributed by atoms with Gasteiger partial charge in [0.25, 0.3) is 0 Å². The van der Waals surface area contributed by atoms with E-state index < -0.39 is 0 Å². The highest BCUT2D eigenvalue weighted by Gasteiger charge is 2.21. The molecular weight excluding hydrogens is 342 g/mol. The molecule has 0 fully saturated rings. The largest absolute Gasteiger partial charge is 0.464 e. The van der Waals surface area contributed by atoms with Gasteiger partial charge in [0.05, 0.1) is 11.8 Å². The van der Waals surface area contributed by atoms with Crippen LogP contribution in [0.4, 0.5) is 0 Å². The van der Waals surface area contributed by atoms with Crippen LogP contribution in [0.3, 0.4) is 0 Å². The number of benzene rings is 4. The van der Waals surface area contributed by atoms with Gasteiger partial charge >= 0.3 is 0 Å². The van der Waals surface area contributed by atoms with Crippen molar-refractivity contribution < 1.29 is 4.42 Å². The van der Waals surface area contributed by atoms with Crippen LogP contribution in [-0.4, -0.2) is 4.98 Å². The average Bonchev–Trinajstić information content (AvgIpc) is 3.27. The summed E-state index contributed by atoms with van der Waals surface area (Å²) in [6.07, 6.45) is 1.92. The molecule has 0 atom stereocenters. The van der Waals surface area contributed by atoms with E-state index in [0.29, 0.717) is 0 Å². The molecule has 2 nitrogen and oxygen atoms in total. The smallest absolute Gasteiger partial charge is 0.134 e. The van der Waals surface area contributed by atoms with Gasteiger partial charge in [0, 0.05) is 32.6 Å². The maximum absolute atomic E-state index is 5.99. The number of aromatic nitrogens is 1. The van der Waals surface area contributed by atoms with E-state index in [1.54, 1.807) is 0 Å². The monoisotopic (exact) mass is 363 g/mol. The van der Waals surface area contributed by atoms with Crippen LogP contribution in [0.15, 0.2) is 71.3 Å². The van der Waals surface area contributed by atoms with Crippen molar-refractivity contribution in [3.8, 4) is 0 Å². The SMILES string of the molecule is CC(C)(C)c1coc2cc3c(cc12)[nH]c1c2ccccc2c2ccccc2c31. The minimum Gasteiger partial charge on any atom is -0.464 e. The second-order valence-corrected chi connectivity index (χ2v) is 8.76. The van der Waals surface area contributed by atoms with Crippen LogP contribution in [0, 0.1) is 0 Å². The molecule has 0 saturated heterocycles. The summed E-state index contributed by atoms with van der Waals surface area (Å²) in [5.41, 5.74) is 4.61. The predicted molar refractivity (Wildman–Crippen MR) is 119 cm³/mol. The Morgan fingerprint density at radius 1 is 0.714 bits per heavy atom. The van der Waals surface area contributed by atoms with Gasteiger partial charge in [-0.15, -0.1) is 0 Å². The fourth-order valence-corrected chi connectivity index (χ4v) is 4.65. The molecule has 0 aliphatic rings. The lowest BCUT2D eigenvalue weighted by molar-refractivity contribution is 0.557. The standard InChI is InChI=1S/C26H21NO/c1-26(2,3)21-14-28-23-13-20-22(12-19(21)23)27-25-18-11-7-5-9-16(18)15-8-4-6-10-17(15)24(20)25/h4-14,27H,1-3H3. The van der Waals surface area contributed by atoms with Crippen molar-refractivity contribution in [1.29, 1.82) is 0 Å². The predicted octanol–water partition coefficient (Wildman–Crippen LogP) is 7.67. The number of rotatable bonds is 0. The Balaban J connectivity index is 1.87. The molecule has 2 heterocycles. The minimum atomic E-state index is 0.0460. The molecule has 0 bridgehead atoms. The van der Waals surface area contributed by atoms with E-state index in [0.717, 1.165) is 11.1 Å². The van der Waals surface area contributed by atoms with Gasteiger partial charge in [-0.3, -0.25) is 0 Å². The first kappa shape index (κ1) is 15.8. The summed E-state index contributed by atoms with van der Waals surface area (Å²) in [7, 11) is 0. The molecule has 0 aliphatic heterocycles. The fraction of sp³-hybridized carbons (Fsp3) is 0.154. The molecule has 0 spiro atoms. The van der Waals surface area contributed by atoms with Gasteiger partial charge < -0.3 is 9.40 Å². The average molecular weight is 363 g/mol. The van der Waals surface area contributed by atoms with Crippen LogP contribution in [0.2, 0.25) is 0 Å². The second kappa shape index (κ2) is 5.17. The highest BCUT2D eigenvalue weighted by atomic mass is 16.3. The van der Waals surface area contributed by atoms with Crippen LogP contribution in [0.5, 0.6) is 0 Å². The Kier molecular flexibility index (Phi) is 2.91. The summed E-state index contributed by atoms with van der Waals surface area (Å²) < 4.78 is 5.99. The molecule has 136 valence electrons. The first-order valence-electron chi connectivity index (χ1n) is 9.79. The molecule has 6 aromatic rings. The molecular formula is C26H21NO. The number of hydrogen-bond acceptors (Lipinski definition) is 1. The maximum Gasteiger partial charge on any atom is 0.134 e. The lowest BCUT2D eigenvalue weighted by atomic mass is 9.86. The zero-order valence-electron chi connectivity index (χ0n) is 16.3. The Morgan fingerprint density at radius 2 is 1.36 bits per heavy atom. The summed E-state index contributed by atoms with van der Waals surface area (Å²) in [5, 5.41) is 8.82. The molecule has 0 amide bonds. The normalized spacial score (nSPS) is 12.8. The van der Waals surface area contributed by atoms with Crippen LogP contribution < -0.4 is 0 Å². The van der Waals surface area contributed by atoms with Crippen molar-refractivity contribution in [3.05, 3.63) is 72.5 Å². The number of aromatic amines is 1. The van der Waals surface area contributed by atoms with Gasteiger partial charge in [-0.1, -0.05) is 69.3 Å². The van der Waals surface area contributed by atoms with E-state index in [1.807, 2.05) is 6.26 Å². The lowest BCUT2D eigenvalue weighted by Crippen LogP contribution is -2.09. The van der Waals surface area contributed by atoms with Gasteiger partial charge in [0.15, 0.2) is 0 Å². The van der Waals surface area contributed by atoms with Crippen LogP contribution in [-0.2, 0) is 5.41 Å². The highest BCUT2D eigenvalue weighted by molar-refractivity contribution is 6.31. The van der Waals surface area contributed by atoms with E-state index in [-0.39, 0.29) is 5.41 Å². The third-order valence-electron chi connectivity index (χ3n) is 5.98. The molecule has 6 rings (SSSR count). The summed E-state index contributed by atoms with van der Waals surface area (Å²) in [5.74, 6) is 0. The van der Waals surface area contributed by atoms with E-state index in [4.69, 9.17) is 4.42 Å². The lowest BCUT2D eigenvalue weighted by Gasteiger charge is -2.16. The molecule has 28 heavy (non-hydrogen) atoms. The fourth-order valence-electron chi connectivity index (χ4n) is 4.65. The Labute approximate surface area is 162 Å². The number of furan rings is 1. The molecule has 0 unspecified atom stereocenters. The molecule has 2 heteroatoms. The quantitative estimate of drug-likeness (QED) is 0.276. The molecule has 0 aliphatic carbocycles. The number of nitrogens with one attached hydrogen (secondary N) is 1. The number of H-pyrrole nitrogens is 1. The van der Waals surface area contributed by atoms with Gasteiger partial charge in [-0.25, -0.2) is 0 Å². The van der Waals surface area contributed by atoms with Crippen LogP contribution in [0.25, 0.3) is 54.3 Å². The first-order chi connectivity index (χ1) is 13.5. The maximum atomic E-state index is 5.99. The van der Waals surface area contributed by atoms with E-state index >= 15 is 0 Å². The van der Waals surface area contributed by atoms with Crippen LogP contribution >= 0.6 is 0 Å². The topological polar surface area (TPSA) is 28.9 Å². The number of fused-ring (bicyclic) bond motifs is 9. The molecule has 0 radical (unpaired) electrons. The summed E-state index contributed by atoms with van der Waals surface area (Å²) in [6.45, 7) is 6.69. The van der Waals surface area contributed by atoms with E-state index in [1.165, 1.54) is 48.8 Å². The van der Waals surface area contributed by atoms with E-state index in [2.05, 4.69) is 86.4 Å². The Bertz CT molecular complexity index is 1540. The highest BCUT2D eigenvalue weighted by Crippen LogP contribution is 2.41. The minimum absolute atomic E-state index is 0.0460. The van der Waals surface area contributed by atoms with Crippen molar-refractivity contribution in [2.45, 2.75) is 26.2 Å². The Hall–Kier alpha value is -3.26. The zero-order valence-corrected chi connectivity index (χ0v) is 16.3. The van der Waals surface area contributed by atoms with Gasteiger partial charge in [0.2, 0.25) is 0 Å². The number of hydrogen-bond donors (Lipinski definition) is 1. The van der Waals surface area contributed by atoms with Crippen LogP contribution in [0.1, 0.15) is 26.3 Å². The summed E-state index contributed by atoms with van der Waals surface area (Å²) in [6, 6.07) is 21.8. The van der Waals surface area contributed by atoms with Crippen molar-refractivity contribution in [3.63, 3.8) is 0 Å². The zero-order chi connectivity index (χ0) is 19.0. The molecule has 0 saturated carbocycles. The van der Waals surface area contributed by atoms with Gasteiger partial charge in [0.1, 0.15) is 5.58 Å². The van der Waals surface area contributed by atoms with Gasteiger partial charge in [-0.05, 0) is 33.7 Å². The third kappa shape index (κ3) is 1.98. The second-order valence-electron chi connectivity index (χ2n) is 8.76. The van der Waals surface area contributed by atoms with Crippen molar-refractivity contribution >= 4 is 54.3 Å². The van der Waals surface area contributed by atoms with Crippen molar-refractivity contribution in [2.75, 3.05) is 0 Å². The molecule has 2 aromatic heterocycles. The Morgan fingerprint density at radius 3 is 2.07 bits per heavy atom. The van der Waals surface area contributed by atoms with E-state index in [9.17, 15) is 0 Å². The third-order valence-corrected chi connectivity index (χ3v) is 5.98. The molecule has 4 aromatic carbocycles. The first-order valence-corrected chi connectivity index (χ1v) is 9.79. The summed E-state index contributed by atoms with van der Waals surface area (Å²) in [4.78, 5) is 3.73. The van der Waals surface area contributed by atoms with Crippen molar-refractivity contribution in [2.24, 2.45) is 0 Å².